The highest BCUT2D eigenvalue weighted by molar-refractivity contribution is 5.28. The number of rotatable bonds is 4. The number of hydrogen-bond donors (Lipinski definition) is 1. The first-order valence-corrected chi connectivity index (χ1v) is 6.99. The highest BCUT2D eigenvalue weighted by Gasteiger charge is 2.24. The zero-order valence-electron chi connectivity index (χ0n) is 12.0. The van der Waals surface area contributed by atoms with Gasteiger partial charge < -0.3 is 10.1 Å². The number of hydrogen-bond acceptors (Lipinski definition) is 3. The second-order valence-electron chi connectivity index (χ2n) is 5.15. The fourth-order valence-electron chi connectivity index (χ4n) is 3.00. The molecule has 2 rings (SSSR count). The van der Waals surface area contributed by atoms with E-state index in [2.05, 4.69) is 30.8 Å². The van der Waals surface area contributed by atoms with Crippen LogP contribution in [0.25, 0.3) is 0 Å². The van der Waals surface area contributed by atoms with Crippen molar-refractivity contribution in [3.8, 4) is 0 Å². The Labute approximate surface area is 110 Å². The zero-order valence-corrected chi connectivity index (χ0v) is 12.0. The number of ether oxygens (including phenoxy) is 1. The Morgan fingerprint density at radius 2 is 2.28 bits per heavy atom. The van der Waals surface area contributed by atoms with Crippen molar-refractivity contribution in [2.24, 2.45) is 0 Å². The van der Waals surface area contributed by atoms with E-state index in [0.29, 0.717) is 12.1 Å². The summed E-state index contributed by atoms with van der Waals surface area (Å²) in [6.07, 6.45) is 3.41. The summed E-state index contributed by atoms with van der Waals surface area (Å²) in [6.45, 7) is 8.21. The van der Waals surface area contributed by atoms with Crippen LogP contribution in [0, 0.1) is 13.8 Å². The molecule has 1 aliphatic heterocycles. The molecule has 2 unspecified atom stereocenters. The summed E-state index contributed by atoms with van der Waals surface area (Å²) in [5.74, 6) is 0. The van der Waals surface area contributed by atoms with Crippen LogP contribution >= 0.6 is 0 Å². The van der Waals surface area contributed by atoms with Crippen LogP contribution < -0.4 is 5.32 Å². The van der Waals surface area contributed by atoms with Gasteiger partial charge in [0.25, 0.3) is 0 Å². The van der Waals surface area contributed by atoms with Gasteiger partial charge in [-0.3, -0.25) is 4.68 Å². The normalized spacial score (nSPS) is 22.1. The molecule has 0 saturated carbocycles. The van der Waals surface area contributed by atoms with E-state index in [9.17, 15) is 0 Å². The topological polar surface area (TPSA) is 39.1 Å². The Morgan fingerprint density at radius 1 is 1.50 bits per heavy atom. The van der Waals surface area contributed by atoms with Crippen LogP contribution in [0.15, 0.2) is 0 Å². The summed E-state index contributed by atoms with van der Waals surface area (Å²) in [5, 5.41) is 8.13. The van der Waals surface area contributed by atoms with E-state index in [1.165, 1.54) is 17.7 Å². The lowest BCUT2D eigenvalue weighted by atomic mass is 10.0. The second kappa shape index (κ2) is 5.85. The molecule has 0 amide bonds. The highest BCUT2D eigenvalue weighted by atomic mass is 16.5. The number of aromatic nitrogens is 2. The molecule has 1 fully saturated rings. The molecule has 4 heteroatoms. The Hall–Kier alpha value is -0.870. The molecule has 0 radical (unpaired) electrons. The van der Waals surface area contributed by atoms with Crippen molar-refractivity contribution in [2.45, 2.75) is 52.1 Å². The van der Waals surface area contributed by atoms with Crippen molar-refractivity contribution in [1.82, 2.24) is 15.1 Å². The van der Waals surface area contributed by atoms with Crippen molar-refractivity contribution in [3.05, 3.63) is 17.0 Å². The van der Waals surface area contributed by atoms with Crippen LogP contribution in [-0.4, -0.2) is 30.0 Å². The van der Waals surface area contributed by atoms with Gasteiger partial charge in [0.05, 0.1) is 18.3 Å². The predicted molar refractivity (Wildman–Crippen MR) is 72.9 cm³/mol. The molecule has 1 aliphatic rings. The Bertz CT molecular complexity index is 390. The van der Waals surface area contributed by atoms with E-state index in [-0.39, 0.29) is 0 Å². The van der Waals surface area contributed by atoms with Crippen LogP contribution in [0.4, 0.5) is 0 Å². The van der Waals surface area contributed by atoms with E-state index in [1.54, 1.807) is 0 Å². The number of nitrogens with one attached hydrogen (secondary N) is 1. The van der Waals surface area contributed by atoms with Crippen molar-refractivity contribution in [3.63, 3.8) is 0 Å². The van der Waals surface area contributed by atoms with Crippen LogP contribution in [0.1, 0.15) is 55.2 Å². The molecule has 2 heterocycles. The van der Waals surface area contributed by atoms with Crippen LogP contribution in [0.5, 0.6) is 0 Å². The fourth-order valence-corrected chi connectivity index (χ4v) is 3.00. The highest BCUT2D eigenvalue weighted by Crippen LogP contribution is 2.28. The van der Waals surface area contributed by atoms with Gasteiger partial charge in [0.15, 0.2) is 0 Å². The first-order chi connectivity index (χ1) is 8.69. The zero-order chi connectivity index (χ0) is 13.1. The number of aryl methyl sites for hydroxylation is 1. The molecule has 0 aliphatic carbocycles. The average molecular weight is 251 g/mol. The Balaban J connectivity index is 2.30. The van der Waals surface area contributed by atoms with Crippen molar-refractivity contribution < 1.29 is 4.74 Å². The molecular weight excluding hydrogens is 226 g/mol. The van der Waals surface area contributed by atoms with E-state index in [1.807, 2.05) is 7.05 Å². The molecule has 4 nitrogen and oxygen atoms in total. The van der Waals surface area contributed by atoms with Crippen molar-refractivity contribution in [2.75, 3.05) is 20.3 Å². The van der Waals surface area contributed by atoms with Crippen LogP contribution in [-0.2, 0) is 4.74 Å². The van der Waals surface area contributed by atoms with E-state index < -0.39 is 0 Å². The van der Waals surface area contributed by atoms with Gasteiger partial charge in [-0.1, -0.05) is 6.92 Å². The lowest BCUT2D eigenvalue weighted by molar-refractivity contribution is 0.0540. The summed E-state index contributed by atoms with van der Waals surface area (Å²) in [7, 11) is 2.02. The molecular formula is C14H25N3O. The first kappa shape index (κ1) is 13.6. The molecule has 1 saturated heterocycles. The quantitative estimate of drug-likeness (QED) is 0.893. The molecule has 1 N–H and O–H groups in total. The molecule has 1 aromatic heterocycles. The molecule has 0 bridgehead atoms. The van der Waals surface area contributed by atoms with Crippen molar-refractivity contribution in [1.29, 1.82) is 0 Å². The van der Waals surface area contributed by atoms with Gasteiger partial charge in [-0.2, -0.15) is 5.10 Å². The minimum Gasteiger partial charge on any atom is -0.379 e. The van der Waals surface area contributed by atoms with Gasteiger partial charge >= 0.3 is 0 Å². The van der Waals surface area contributed by atoms with Gasteiger partial charge in [-0.05, 0) is 40.2 Å². The van der Waals surface area contributed by atoms with E-state index in [4.69, 9.17) is 9.84 Å². The third kappa shape index (κ3) is 2.45. The SMILES string of the molecule is CCC(NC)c1c(C)nn(C2CCCOC2)c1C. The first-order valence-electron chi connectivity index (χ1n) is 6.99. The molecule has 0 spiro atoms. The largest absolute Gasteiger partial charge is 0.379 e. The monoisotopic (exact) mass is 251 g/mol. The minimum absolute atomic E-state index is 0.406. The van der Waals surface area contributed by atoms with Gasteiger partial charge in [0, 0.05) is 23.9 Å². The third-order valence-electron chi connectivity index (χ3n) is 3.97. The average Bonchev–Trinajstić information content (AvgIpc) is 2.69. The smallest absolute Gasteiger partial charge is 0.0756 e. The molecule has 1 aromatic rings. The summed E-state index contributed by atoms with van der Waals surface area (Å²) in [4.78, 5) is 0. The number of nitrogens with zero attached hydrogens (tertiary/aromatic N) is 2. The summed E-state index contributed by atoms with van der Waals surface area (Å²) >= 11 is 0. The van der Waals surface area contributed by atoms with E-state index >= 15 is 0 Å². The Morgan fingerprint density at radius 3 is 2.83 bits per heavy atom. The molecule has 2 atom stereocenters. The Kier molecular flexibility index (Phi) is 4.40. The summed E-state index contributed by atoms with van der Waals surface area (Å²) < 4.78 is 7.76. The van der Waals surface area contributed by atoms with Crippen LogP contribution in [0.2, 0.25) is 0 Å². The maximum atomic E-state index is 5.58. The fraction of sp³-hybridized carbons (Fsp3) is 0.786. The van der Waals surface area contributed by atoms with Crippen LogP contribution in [0.3, 0.4) is 0 Å². The maximum Gasteiger partial charge on any atom is 0.0756 e. The van der Waals surface area contributed by atoms with Gasteiger partial charge in [-0.25, -0.2) is 0 Å². The molecule has 102 valence electrons. The molecule has 0 aromatic carbocycles. The van der Waals surface area contributed by atoms with Gasteiger partial charge in [-0.15, -0.1) is 0 Å². The van der Waals surface area contributed by atoms with Gasteiger partial charge in [0.1, 0.15) is 0 Å². The third-order valence-corrected chi connectivity index (χ3v) is 3.97. The maximum absolute atomic E-state index is 5.58. The van der Waals surface area contributed by atoms with Gasteiger partial charge in [0.2, 0.25) is 0 Å². The lowest BCUT2D eigenvalue weighted by Gasteiger charge is -2.24. The summed E-state index contributed by atoms with van der Waals surface area (Å²) in [6, 6.07) is 0.823. The lowest BCUT2D eigenvalue weighted by Crippen LogP contribution is -2.23. The molecule has 18 heavy (non-hydrogen) atoms. The minimum atomic E-state index is 0.406. The van der Waals surface area contributed by atoms with Crippen molar-refractivity contribution >= 4 is 0 Å². The second-order valence-corrected chi connectivity index (χ2v) is 5.15. The standard InChI is InChI=1S/C14H25N3O/c1-5-13(15-4)14-10(2)16-17(11(14)3)12-7-6-8-18-9-12/h12-13,15H,5-9H2,1-4H3. The summed E-state index contributed by atoms with van der Waals surface area (Å²) in [5.41, 5.74) is 3.81. The predicted octanol–water partition coefficient (Wildman–Crippen LogP) is 2.52. The van der Waals surface area contributed by atoms with E-state index in [0.717, 1.165) is 31.7 Å².